The summed E-state index contributed by atoms with van der Waals surface area (Å²) < 4.78 is 4.55. The second kappa shape index (κ2) is 7.74. The minimum atomic E-state index is -1.15. The van der Waals surface area contributed by atoms with Gasteiger partial charge in [-0.2, -0.15) is 0 Å². The fourth-order valence-electron chi connectivity index (χ4n) is 0.390. The molecule has 4 N–H and O–H groups in total. The molecule has 0 amide bonds. The Morgan fingerprint density at radius 2 is 2.00 bits per heavy atom. The summed E-state index contributed by atoms with van der Waals surface area (Å²) in [6.07, 6.45) is 2.36. The number of ether oxygens (including phenoxy) is 1. The van der Waals surface area contributed by atoms with Crippen LogP contribution in [0.15, 0.2) is 12.2 Å². The van der Waals surface area contributed by atoms with Crippen molar-refractivity contribution in [1.29, 1.82) is 0 Å². The van der Waals surface area contributed by atoms with E-state index in [2.05, 4.69) is 4.74 Å². The molecule has 0 atom stereocenters. The molecule has 0 bridgehead atoms. The highest BCUT2D eigenvalue weighted by Crippen LogP contribution is 1.84. The van der Waals surface area contributed by atoms with E-state index in [-0.39, 0.29) is 6.15 Å². The van der Waals surface area contributed by atoms with Gasteiger partial charge in [0, 0.05) is 12.2 Å². The Bertz CT molecular complexity index is 176. The van der Waals surface area contributed by atoms with Crippen molar-refractivity contribution in [2.45, 2.75) is 13.3 Å². The molecular weight excluding hydrogens is 162 g/mol. The van der Waals surface area contributed by atoms with Gasteiger partial charge in [-0.25, -0.2) is 9.59 Å². The topological polar surface area (TPSA) is 98.6 Å². The molecule has 70 valence electrons. The van der Waals surface area contributed by atoms with Crippen molar-refractivity contribution in [3.05, 3.63) is 12.2 Å². The molecule has 0 heterocycles. The summed E-state index contributed by atoms with van der Waals surface area (Å²) in [5.41, 5.74) is 0. The summed E-state index contributed by atoms with van der Waals surface area (Å²) in [5.74, 6) is -1.77. The van der Waals surface area contributed by atoms with Gasteiger partial charge in [0.1, 0.15) is 0 Å². The van der Waals surface area contributed by atoms with Crippen LogP contribution in [-0.4, -0.2) is 23.7 Å². The minimum Gasteiger partial charge on any atom is -0.478 e. The molecule has 0 fully saturated rings. The molecule has 0 spiro atoms. The summed E-state index contributed by atoms with van der Waals surface area (Å²) in [6, 6.07) is 0. The molecule has 5 heteroatoms. The van der Waals surface area contributed by atoms with Gasteiger partial charge in [0.25, 0.3) is 0 Å². The summed E-state index contributed by atoms with van der Waals surface area (Å²) in [5, 5.41) is 8.09. The highest BCUT2D eigenvalue weighted by Gasteiger charge is 1.95. The fourth-order valence-corrected chi connectivity index (χ4v) is 0.390. The van der Waals surface area contributed by atoms with E-state index in [0.717, 1.165) is 18.6 Å². The number of rotatable bonds is 4. The molecule has 12 heavy (non-hydrogen) atoms. The van der Waals surface area contributed by atoms with Crippen molar-refractivity contribution in [2.75, 3.05) is 6.61 Å². The van der Waals surface area contributed by atoms with Crippen molar-refractivity contribution in [1.82, 2.24) is 6.15 Å². The molecular formula is C7H13NO4. The predicted octanol–water partition coefficient (Wildman–Crippen LogP) is 0.742. The molecule has 5 nitrogen and oxygen atoms in total. The maximum atomic E-state index is 10.5. The van der Waals surface area contributed by atoms with E-state index in [0.29, 0.717) is 6.61 Å². The molecule has 0 radical (unpaired) electrons. The van der Waals surface area contributed by atoms with Gasteiger partial charge < -0.3 is 16.0 Å². The van der Waals surface area contributed by atoms with Crippen LogP contribution in [0.1, 0.15) is 13.3 Å². The third-order valence-corrected chi connectivity index (χ3v) is 0.810. The standard InChI is InChI=1S/C7H10O4.H3N/c1-2-5-11-7(10)4-3-6(8)9;/h3-4H,2,5H2,1H3,(H,8,9);1H3/b4-3-;. The van der Waals surface area contributed by atoms with Gasteiger partial charge >= 0.3 is 11.9 Å². The van der Waals surface area contributed by atoms with E-state index in [1.54, 1.807) is 0 Å². The average molecular weight is 175 g/mol. The van der Waals surface area contributed by atoms with Crippen molar-refractivity contribution < 1.29 is 19.4 Å². The number of hydrogen-bond acceptors (Lipinski definition) is 4. The second-order valence-electron chi connectivity index (χ2n) is 1.84. The van der Waals surface area contributed by atoms with Crippen LogP contribution in [0.25, 0.3) is 0 Å². The Morgan fingerprint density at radius 1 is 1.42 bits per heavy atom. The van der Waals surface area contributed by atoms with Gasteiger partial charge in [0.15, 0.2) is 0 Å². The Hall–Kier alpha value is -1.36. The Kier molecular flexibility index (Phi) is 8.55. The quantitative estimate of drug-likeness (QED) is 0.485. The van der Waals surface area contributed by atoms with Gasteiger partial charge in [0.2, 0.25) is 0 Å². The van der Waals surface area contributed by atoms with Crippen LogP contribution in [0.4, 0.5) is 0 Å². The number of carbonyl (C=O) groups is 2. The first-order valence-electron chi connectivity index (χ1n) is 3.24. The number of carboxylic acids is 1. The van der Waals surface area contributed by atoms with Crippen LogP contribution in [-0.2, 0) is 14.3 Å². The number of esters is 1. The molecule has 0 aromatic carbocycles. The molecule has 0 saturated carbocycles. The third-order valence-electron chi connectivity index (χ3n) is 0.810. The van der Waals surface area contributed by atoms with Crippen LogP contribution in [0.3, 0.4) is 0 Å². The zero-order chi connectivity index (χ0) is 8.69. The lowest BCUT2D eigenvalue weighted by molar-refractivity contribution is -0.138. The maximum absolute atomic E-state index is 10.5. The van der Waals surface area contributed by atoms with Crippen LogP contribution in [0, 0.1) is 0 Å². The van der Waals surface area contributed by atoms with Gasteiger partial charge in [-0.05, 0) is 6.42 Å². The van der Waals surface area contributed by atoms with Crippen molar-refractivity contribution in [3.8, 4) is 0 Å². The monoisotopic (exact) mass is 175 g/mol. The first-order chi connectivity index (χ1) is 5.16. The zero-order valence-electron chi connectivity index (χ0n) is 6.95. The van der Waals surface area contributed by atoms with Crippen LogP contribution >= 0.6 is 0 Å². The summed E-state index contributed by atoms with van der Waals surface area (Å²) >= 11 is 0. The summed E-state index contributed by atoms with van der Waals surface area (Å²) in [6.45, 7) is 2.18. The minimum absolute atomic E-state index is 0. The molecule has 0 aromatic rings. The van der Waals surface area contributed by atoms with Crippen LogP contribution < -0.4 is 6.15 Å². The highest BCUT2D eigenvalue weighted by molar-refractivity contribution is 5.90. The first-order valence-corrected chi connectivity index (χ1v) is 3.24. The number of carboxylic acid groups (broad SMARTS) is 1. The highest BCUT2D eigenvalue weighted by atomic mass is 16.5. The first kappa shape index (κ1) is 13.2. The number of hydrogen-bond donors (Lipinski definition) is 2. The molecule has 0 aliphatic heterocycles. The molecule has 0 unspecified atom stereocenters. The van der Waals surface area contributed by atoms with Gasteiger partial charge in [-0.1, -0.05) is 6.92 Å². The van der Waals surface area contributed by atoms with Crippen LogP contribution in [0.5, 0.6) is 0 Å². The van der Waals surface area contributed by atoms with Crippen molar-refractivity contribution in [2.24, 2.45) is 0 Å². The van der Waals surface area contributed by atoms with Gasteiger partial charge in [-0.15, -0.1) is 0 Å². The van der Waals surface area contributed by atoms with E-state index in [9.17, 15) is 9.59 Å². The zero-order valence-corrected chi connectivity index (χ0v) is 6.95. The van der Waals surface area contributed by atoms with E-state index < -0.39 is 11.9 Å². The van der Waals surface area contributed by atoms with Gasteiger partial charge in [0.05, 0.1) is 6.61 Å². The molecule has 0 aliphatic rings. The van der Waals surface area contributed by atoms with Crippen LogP contribution in [0.2, 0.25) is 0 Å². The van der Waals surface area contributed by atoms with Crippen molar-refractivity contribution >= 4 is 11.9 Å². The van der Waals surface area contributed by atoms with E-state index in [1.807, 2.05) is 6.92 Å². The Morgan fingerprint density at radius 3 is 2.42 bits per heavy atom. The number of aliphatic carboxylic acids is 1. The maximum Gasteiger partial charge on any atom is 0.331 e. The summed E-state index contributed by atoms with van der Waals surface area (Å²) in [4.78, 5) is 20.4. The molecule has 0 aromatic heterocycles. The lowest BCUT2D eigenvalue weighted by atomic mass is 10.5. The predicted molar refractivity (Wildman–Crippen MR) is 43.0 cm³/mol. The lowest BCUT2D eigenvalue weighted by Crippen LogP contribution is -2.02. The van der Waals surface area contributed by atoms with E-state index in [1.165, 1.54) is 0 Å². The molecule has 0 aliphatic carbocycles. The SMILES string of the molecule is CCCOC(=O)/C=C\C(=O)O.N. The van der Waals surface area contributed by atoms with Gasteiger partial charge in [-0.3, -0.25) is 0 Å². The molecule has 0 saturated heterocycles. The average Bonchev–Trinajstić information content (AvgIpc) is 1.97. The van der Waals surface area contributed by atoms with E-state index >= 15 is 0 Å². The second-order valence-corrected chi connectivity index (χ2v) is 1.84. The Labute approximate surface area is 70.6 Å². The van der Waals surface area contributed by atoms with Crippen molar-refractivity contribution in [3.63, 3.8) is 0 Å². The fraction of sp³-hybridized carbons (Fsp3) is 0.429. The third kappa shape index (κ3) is 8.64. The normalized spacial score (nSPS) is 9.08. The summed E-state index contributed by atoms with van der Waals surface area (Å²) in [7, 11) is 0. The lowest BCUT2D eigenvalue weighted by Gasteiger charge is -1.95. The largest absolute Gasteiger partial charge is 0.478 e. The Balaban J connectivity index is 0. The smallest absolute Gasteiger partial charge is 0.331 e. The van der Waals surface area contributed by atoms with E-state index in [4.69, 9.17) is 5.11 Å². The molecule has 0 rings (SSSR count). The number of carbonyl (C=O) groups excluding carboxylic acids is 1.